The molecule has 5 unspecified atom stereocenters. The summed E-state index contributed by atoms with van der Waals surface area (Å²) in [6, 6.07) is 0. The zero-order valence-electron chi connectivity index (χ0n) is 65.0. The first kappa shape index (κ1) is 98.9. The largest absolute Gasteiger partial charge is 0.472 e. The molecule has 0 aliphatic carbocycles. The molecule has 0 heterocycles. The first-order valence-electron chi connectivity index (χ1n) is 40.8. The Balaban J connectivity index is 4.41. The average Bonchev–Trinajstić information content (AvgIpc) is 0.914. The van der Waals surface area contributed by atoms with E-state index in [4.69, 9.17) is 32.3 Å². The van der Waals surface area contributed by atoms with Crippen molar-refractivity contribution in [2.75, 3.05) is 39.6 Å². The number of aliphatic hydroxyl groups is 2. The van der Waals surface area contributed by atoms with Crippen molar-refractivity contribution in [2.24, 2.45) is 0 Å². The lowest BCUT2D eigenvalue weighted by molar-refractivity contribution is -0.161. The molecule has 0 spiro atoms. The van der Waals surface area contributed by atoms with Crippen molar-refractivity contribution in [1.29, 1.82) is 0 Å². The first-order chi connectivity index (χ1) is 50.2. The fourth-order valence-corrected chi connectivity index (χ4v) is 12.5. The summed E-state index contributed by atoms with van der Waals surface area (Å²) in [6.45, 7) is 2.50. The summed E-state index contributed by atoms with van der Waals surface area (Å²) in [5.41, 5.74) is 0. The summed E-state index contributed by atoms with van der Waals surface area (Å²) < 4.78 is 61.1. The molecule has 0 aromatic heterocycles. The van der Waals surface area contributed by atoms with Gasteiger partial charge in [0.2, 0.25) is 0 Å². The quantitative estimate of drug-likeness (QED) is 0.0146. The summed E-state index contributed by atoms with van der Waals surface area (Å²) in [5, 5.41) is 20.6. The van der Waals surface area contributed by atoms with E-state index in [0.717, 1.165) is 141 Å². The topological polar surface area (TPSA) is 231 Å². The van der Waals surface area contributed by atoms with Gasteiger partial charge in [-0.2, -0.15) is 0 Å². The number of carbonyl (C=O) groups excluding carboxylic acids is 3. The number of aliphatic hydroxyl groups excluding tert-OH is 2. The van der Waals surface area contributed by atoms with E-state index in [0.29, 0.717) is 19.3 Å². The van der Waals surface area contributed by atoms with Crippen molar-refractivity contribution in [1.82, 2.24) is 0 Å². The number of phosphoric acid groups is 2. The van der Waals surface area contributed by atoms with Gasteiger partial charge in [0.05, 0.1) is 26.4 Å². The maximum Gasteiger partial charge on any atom is 0.472 e. The number of rotatable bonds is 77. The second-order valence-corrected chi connectivity index (χ2v) is 30.1. The Morgan fingerprint density at radius 3 is 0.854 bits per heavy atom. The van der Waals surface area contributed by atoms with E-state index in [1.54, 1.807) is 0 Å². The Hall–Kier alpha value is -4.05. The van der Waals surface area contributed by atoms with Crippen molar-refractivity contribution < 1.29 is 75.8 Å². The maximum atomic E-state index is 12.9. The fourth-order valence-electron chi connectivity index (χ4n) is 10.9. The molecule has 5 atom stereocenters. The van der Waals surface area contributed by atoms with E-state index in [1.807, 2.05) is 0 Å². The molecule has 0 aliphatic heterocycles. The van der Waals surface area contributed by atoms with Crippen LogP contribution in [0.4, 0.5) is 0 Å². The molecule has 0 aromatic rings. The van der Waals surface area contributed by atoms with E-state index in [9.17, 15) is 43.5 Å². The summed E-state index contributed by atoms with van der Waals surface area (Å²) in [7, 11) is -9.79. The Morgan fingerprint density at radius 2 is 0.524 bits per heavy atom. The van der Waals surface area contributed by atoms with Crippen LogP contribution < -0.4 is 0 Å². The number of allylic oxidation sites excluding steroid dienone is 20. The Morgan fingerprint density at radius 1 is 0.282 bits per heavy atom. The standard InChI is InChI=1S/C85H148O16P2/c1-4-7-10-13-16-19-22-24-26-28-30-32-34-36-37-38-39-40-41-43-45-46-48-50-52-54-57-59-62-65-68-71-83(88)95-74-80(86)75-97-102(91,92)98-76-81(87)77-99-103(93,94)100-79-82(101-85(90)73-70-67-64-61-56-21-18-15-12-9-6-3)78-96-84(89)72-69-66-63-60-58-55-53-51-49-47-44-42-35-33-31-29-27-25-23-20-17-14-11-8-5-2/h7,10,15-20,24-27,30-33,36-37,42,44,80-82,86-87H,4-6,8-9,11-14,21-23,28-29,34-35,38-41,43,45-79H2,1-3H3,(H,91,92)(H,93,94)/b10-7-,18-15-,19-16-,20-17-,26-24-,27-25-,32-30-,33-31-,37-36-,44-42-. The SMILES string of the molecule is CC/C=C\C/C=C\C/C=C\C/C=C\C/C=C\CCCCCCCCCCCCCCCCCC(=O)OCC(O)COP(=O)(O)OCC(O)COP(=O)(O)OCC(COC(=O)CCCCCCCCCCC/C=C\C/C=C\C/C=C\C/C=C\CCCCC)OC(=O)CCCCCCC/C=C\CCCC. The number of hydrogen-bond acceptors (Lipinski definition) is 14. The van der Waals surface area contributed by atoms with E-state index in [2.05, 4.69) is 142 Å². The van der Waals surface area contributed by atoms with Gasteiger partial charge in [0.25, 0.3) is 0 Å². The zero-order valence-corrected chi connectivity index (χ0v) is 66.7. The van der Waals surface area contributed by atoms with Crippen LogP contribution in [0.5, 0.6) is 0 Å². The van der Waals surface area contributed by atoms with Crippen LogP contribution in [0.3, 0.4) is 0 Å². The molecule has 16 nitrogen and oxygen atoms in total. The molecule has 0 rings (SSSR count). The van der Waals surface area contributed by atoms with Gasteiger partial charge >= 0.3 is 33.6 Å². The minimum Gasteiger partial charge on any atom is -0.463 e. The van der Waals surface area contributed by atoms with Gasteiger partial charge in [0, 0.05) is 19.3 Å². The number of carbonyl (C=O) groups is 3. The molecule has 103 heavy (non-hydrogen) atoms. The summed E-state index contributed by atoms with van der Waals surface area (Å²) in [6.07, 6.45) is 92.7. The average molecular weight is 1490 g/mol. The minimum absolute atomic E-state index is 0.0921. The highest BCUT2D eigenvalue weighted by atomic mass is 31.2. The molecule has 0 aliphatic rings. The monoisotopic (exact) mass is 1490 g/mol. The van der Waals surface area contributed by atoms with E-state index >= 15 is 0 Å². The van der Waals surface area contributed by atoms with Crippen molar-refractivity contribution in [3.63, 3.8) is 0 Å². The third-order valence-corrected chi connectivity index (χ3v) is 19.0. The lowest BCUT2D eigenvalue weighted by Gasteiger charge is -2.21. The number of phosphoric ester groups is 2. The first-order valence-corrected chi connectivity index (χ1v) is 43.8. The Bertz CT molecular complexity index is 2360. The van der Waals surface area contributed by atoms with Crippen molar-refractivity contribution in [3.05, 3.63) is 122 Å². The highest BCUT2D eigenvalue weighted by molar-refractivity contribution is 7.47. The predicted molar refractivity (Wildman–Crippen MR) is 427 cm³/mol. The third-order valence-electron chi connectivity index (χ3n) is 17.1. The summed E-state index contributed by atoms with van der Waals surface area (Å²) >= 11 is 0. The van der Waals surface area contributed by atoms with Crippen LogP contribution in [0.25, 0.3) is 0 Å². The van der Waals surface area contributed by atoms with Gasteiger partial charge < -0.3 is 34.2 Å². The molecule has 4 N–H and O–H groups in total. The van der Waals surface area contributed by atoms with Gasteiger partial charge in [0.15, 0.2) is 6.10 Å². The lowest BCUT2D eigenvalue weighted by atomic mass is 10.0. The van der Waals surface area contributed by atoms with Crippen LogP contribution in [0.15, 0.2) is 122 Å². The van der Waals surface area contributed by atoms with Gasteiger partial charge in [-0.05, 0) is 128 Å². The minimum atomic E-state index is -4.93. The Kier molecular flexibility index (Phi) is 74.5. The van der Waals surface area contributed by atoms with Gasteiger partial charge in [-0.15, -0.1) is 0 Å². The van der Waals surface area contributed by atoms with Crippen LogP contribution in [-0.2, 0) is 55.8 Å². The predicted octanol–water partition coefficient (Wildman–Crippen LogP) is 24.1. The molecule has 18 heteroatoms. The van der Waals surface area contributed by atoms with Crippen molar-refractivity contribution in [2.45, 2.75) is 360 Å². The third kappa shape index (κ3) is 78.8. The number of esters is 3. The van der Waals surface area contributed by atoms with Crippen LogP contribution in [0, 0.1) is 0 Å². The second kappa shape index (κ2) is 77.6. The van der Waals surface area contributed by atoms with E-state index < -0.39 is 91.5 Å². The smallest absolute Gasteiger partial charge is 0.463 e. The van der Waals surface area contributed by atoms with Gasteiger partial charge in [-0.1, -0.05) is 316 Å². The second-order valence-electron chi connectivity index (χ2n) is 27.2. The molecular weight excluding hydrogens is 1340 g/mol. The molecule has 0 fully saturated rings. The Labute approximate surface area is 627 Å². The van der Waals surface area contributed by atoms with Crippen molar-refractivity contribution >= 4 is 33.6 Å². The summed E-state index contributed by atoms with van der Waals surface area (Å²) in [5.74, 6) is -1.58. The molecule has 0 saturated heterocycles. The highest BCUT2D eigenvalue weighted by Gasteiger charge is 2.29. The van der Waals surface area contributed by atoms with Crippen LogP contribution in [0.1, 0.15) is 342 Å². The maximum absolute atomic E-state index is 12.9. The van der Waals surface area contributed by atoms with Crippen molar-refractivity contribution in [3.8, 4) is 0 Å². The summed E-state index contributed by atoms with van der Waals surface area (Å²) in [4.78, 5) is 58.6. The molecule has 0 amide bonds. The normalized spacial score (nSPS) is 14.6. The van der Waals surface area contributed by atoms with Gasteiger partial charge in [-0.3, -0.25) is 32.5 Å². The number of ether oxygens (including phenoxy) is 3. The fraction of sp³-hybridized carbons (Fsp3) is 0.729. The van der Waals surface area contributed by atoms with E-state index in [-0.39, 0.29) is 19.3 Å². The molecule has 0 bridgehead atoms. The molecule has 0 saturated carbocycles. The number of unbranched alkanes of at least 4 members (excludes halogenated alkanes) is 34. The molecule has 594 valence electrons. The van der Waals surface area contributed by atoms with Crippen LogP contribution in [-0.4, -0.2) is 95.9 Å². The number of hydrogen-bond donors (Lipinski definition) is 4. The molecular formula is C85H148O16P2. The van der Waals surface area contributed by atoms with E-state index in [1.165, 1.54) is 141 Å². The van der Waals surface area contributed by atoms with Crippen LogP contribution in [0.2, 0.25) is 0 Å². The van der Waals surface area contributed by atoms with Gasteiger partial charge in [-0.25, -0.2) is 9.13 Å². The highest BCUT2D eigenvalue weighted by Crippen LogP contribution is 2.45. The lowest BCUT2D eigenvalue weighted by Crippen LogP contribution is -2.30. The zero-order chi connectivity index (χ0) is 75.2. The molecule has 0 aromatic carbocycles. The van der Waals surface area contributed by atoms with Gasteiger partial charge in [0.1, 0.15) is 25.4 Å². The van der Waals surface area contributed by atoms with Crippen LogP contribution >= 0.6 is 15.6 Å². The molecule has 0 radical (unpaired) electrons.